The fourth-order valence-corrected chi connectivity index (χ4v) is 1.54. The van der Waals surface area contributed by atoms with Crippen LogP contribution in [0.5, 0.6) is 0 Å². The molecule has 1 atom stereocenters. The summed E-state index contributed by atoms with van der Waals surface area (Å²) in [7, 11) is 0. The van der Waals surface area contributed by atoms with Gasteiger partial charge in [0, 0.05) is 12.5 Å². The molecule has 0 amide bonds. The Bertz CT molecular complexity index is 368. The van der Waals surface area contributed by atoms with Crippen LogP contribution < -0.4 is 5.73 Å². The van der Waals surface area contributed by atoms with Gasteiger partial charge < -0.3 is 5.73 Å². The second-order valence-corrected chi connectivity index (χ2v) is 4.25. The molecule has 17 heavy (non-hydrogen) atoms. The van der Waals surface area contributed by atoms with Crippen molar-refractivity contribution in [2.24, 2.45) is 5.73 Å². The van der Waals surface area contributed by atoms with Gasteiger partial charge >= 0.3 is 6.18 Å². The van der Waals surface area contributed by atoms with Crippen molar-refractivity contribution in [2.45, 2.75) is 25.1 Å². The zero-order chi connectivity index (χ0) is 12.3. The van der Waals surface area contributed by atoms with E-state index in [1.165, 1.54) is 12.1 Å². The monoisotopic (exact) mass is 307 g/mol. The fourth-order valence-electron chi connectivity index (χ4n) is 1.23. The lowest BCUT2D eigenvalue weighted by atomic mass is 10.0. The molecular formula is C10H11Cl3F3N. The van der Waals surface area contributed by atoms with Gasteiger partial charge in [0.05, 0.1) is 10.0 Å². The Morgan fingerprint density at radius 1 is 1.18 bits per heavy atom. The molecule has 0 unspecified atom stereocenters. The summed E-state index contributed by atoms with van der Waals surface area (Å²) in [5.41, 5.74) is 6.17. The molecule has 1 aromatic rings. The summed E-state index contributed by atoms with van der Waals surface area (Å²) in [5, 5.41) is 0.648. The molecule has 0 aliphatic rings. The summed E-state index contributed by atoms with van der Waals surface area (Å²) in [5.74, 6) is 0. The van der Waals surface area contributed by atoms with Crippen molar-refractivity contribution < 1.29 is 13.2 Å². The Labute approximate surface area is 113 Å². The van der Waals surface area contributed by atoms with Gasteiger partial charge in [-0.1, -0.05) is 29.3 Å². The first-order chi connectivity index (χ1) is 7.29. The summed E-state index contributed by atoms with van der Waals surface area (Å²) in [6, 6.07) is 3.91. The first kappa shape index (κ1) is 16.8. The van der Waals surface area contributed by atoms with Crippen molar-refractivity contribution in [3.05, 3.63) is 33.8 Å². The van der Waals surface area contributed by atoms with Crippen molar-refractivity contribution in [3.63, 3.8) is 0 Å². The van der Waals surface area contributed by atoms with Crippen LogP contribution in [0, 0.1) is 0 Å². The van der Waals surface area contributed by atoms with E-state index in [0.29, 0.717) is 15.6 Å². The lowest BCUT2D eigenvalue weighted by Crippen LogP contribution is -2.15. The second kappa shape index (κ2) is 6.69. The van der Waals surface area contributed by atoms with Crippen LogP contribution in [0.4, 0.5) is 13.2 Å². The van der Waals surface area contributed by atoms with E-state index in [9.17, 15) is 13.2 Å². The lowest BCUT2D eigenvalue weighted by Gasteiger charge is -2.14. The third-order valence-corrected chi connectivity index (χ3v) is 2.85. The van der Waals surface area contributed by atoms with Crippen LogP contribution in [-0.4, -0.2) is 6.18 Å². The molecule has 0 radical (unpaired) electrons. The predicted octanol–water partition coefficient (Wildman–Crippen LogP) is 4.76. The lowest BCUT2D eigenvalue weighted by molar-refractivity contribution is -0.136. The molecule has 0 bridgehead atoms. The quantitative estimate of drug-likeness (QED) is 0.856. The highest BCUT2D eigenvalue weighted by Gasteiger charge is 2.27. The van der Waals surface area contributed by atoms with Gasteiger partial charge in [-0.2, -0.15) is 13.2 Å². The molecule has 1 rings (SSSR count). The number of nitrogens with two attached hydrogens (primary N) is 1. The fraction of sp³-hybridized carbons (Fsp3) is 0.400. The molecule has 0 saturated heterocycles. The first-order valence-electron chi connectivity index (χ1n) is 4.57. The summed E-state index contributed by atoms with van der Waals surface area (Å²) in [6.45, 7) is 0. The van der Waals surface area contributed by atoms with E-state index in [1.807, 2.05) is 0 Å². The molecule has 0 aliphatic carbocycles. The van der Waals surface area contributed by atoms with Gasteiger partial charge in [0.2, 0.25) is 0 Å². The molecule has 1 aromatic carbocycles. The minimum Gasteiger partial charge on any atom is -0.324 e. The van der Waals surface area contributed by atoms with Gasteiger partial charge in [-0.15, -0.1) is 12.4 Å². The van der Waals surface area contributed by atoms with Crippen molar-refractivity contribution in [3.8, 4) is 0 Å². The third kappa shape index (κ3) is 5.82. The van der Waals surface area contributed by atoms with Crippen LogP contribution in [0.15, 0.2) is 18.2 Å². The zero-order valence-corrected chi connectivity index (χ0v) is 10.9. The Morgan fingerprint density at radius 3 is 2.24 bits per heavy atom. The van der Waals surface area contributed by atoms with Crippen molar-refractivity contribution in [1.29, 1.82) is 0 Å². The van der Waals surface area contributed by atoms with E-state index < -0.39 is 18.6 Å². The Kier molecular flexibility index (Phi) is 6.62. The second-order valence-electron chi connectivity index (χ2n) is 3.43. The summed E-state index contributed by atoms with van der Waals surface area (Å²) >= 11 is 11.4. The van der Waals surface area contributed by atoms with E-state index in [0.717, 1.165) is 0 Å². The van der Waals surface area contributed by atoms with Gasteiger partial charge in [0.15, 0.2) is 0 Å². The van der Waals surface area contributed by atoms with Crippen LogP contribution >= 0.6 is 35.6 Å². The minimum absolute atomic E-state index is 0. The summed E-state index contributed by atoms with van der Waals surface area (Å²) < 4.78 is 35.9. The topological polar surface area (TPSA) is 26.0 Å². The SMILES string of the molecule is Cl.N[C@H](CCC(F)(F)F)c1ccc(Cl)c(Cl)c1. The molecule has 0 aromatic heterocycles. The predicted molar refractivity (Wildman–Crippen MR) is 65.9 cm³/mol. The van der Waals surface area contributed by atoms with E-state index >= 15 is 0 Å². The molecule has 1 nitrogen and oxygen atoms in total. The Morgan fingerprint density at radius 2 is 1.76 bits per heavy atom. The van der Waals surface area contributed by atoms with Gasteiger partial charge in [-0.3, -0.25) is 0 Å². The van der Waals surface area contributed by atoms with Crippen molar-refractivity contribution >= 4 is 35.6 Å². The van der Waals surface area contributed by atoms with Gasteiger partial charge in [-0.05, 0) is 24.1 Å². The maximum absolute atomic E-state index is 12.0. The number of halogens is 6. The maximum atomic E-state index is 12.0. The van der Waals surface area contributed by atoms with Crippen LogP contribution in [-0.2, 0) is 0 Å². The number of alkyl halides is 3. The third-order valence-electron chi connectivity index (χ3n) is 2.11. The minimum atomic E-state index is -4.19. The number of hydrogen-bond donors (Lipinski definition) is 1. The van der Waals surface area contributed by atoms with E-state index in [2.05, 4.69) is 0 Å². The van der Waals surface area contributed by atoms with E-state index in [-0.39, 0.29) is 18.8 Å². The van der Waals surface area contributed by atoms with Gasteiger partial charge in [-0.25, -0.2) is 0 Å². The van der Waals surface area contributed by atoms with Crippen LogP contribution in [0.25, 0.3) is 0 Å². The van der Waals surface area contributed by atoms with Crippen LogP contribution in [0.3, 0.4) is 0 Å². The highest BCUT2D eigenvalue weighted by atomic mass is 35.5. The Hall–Kier alpha value is -0.160. The van der Waals surface area contributed by atoms with Crippen LogP contribution in [0.2, 0.25) is 10.0 Å². The molecule has 2 N–H and O–H groups in total. The average Bonchev–Trinajstić information content (AvgIpc) is 2.17. The number of benzene rings is 1. The number of hydrogen-bond acceptors (Lipinski definition) is 1. The number of rotatable bonds is 3. The van der Waals surface area contributed by atoms with E-state index in [4.69, 9.17) is 28.9 Å². The molecule has 7 heteroatoms. The van der Waals surface area contributed by atoms with Crippen molar-refractivity contribution in [1.82, 2.24) is 0 Å². The molecule has 0 aliphatic heterocycles. The van der Waals surface area contributed by atoms with Gasteiger partial charge in [0.1, 0.15) is 0 Å². The maximum Gasteiger partial charge on any atom is 0.389 e. The van der Waals surface area contributed by atoms with E-state index in [1.54, 1.807) is 6.07 Å². The van der Waals surface area contributed by atoms with Crippen LogP contribution in [0.1, 0.15) is 24.4 Å². The molecule has 98 valence electrons. The normalized spacial score (nSPS) is 13.1. The Balaban J connectivity index is 0.00000256. The molecule has 0 fully saturated rings. The largest absolute Gasteiger partial charge is 0.389 e. The molecule has 0 saturated carbocycles. The average molecular weight is 309 g/mol. The zero-order valence-electron chi connectivity index (χ0n) is 8.60. The highest BCUT2D eigenvalue weighted by molar-refractivity contribution is 6.42. The summed E-state index contributed by atoms with van der Waals surface area (Å²) in [4.78, 5) is 0. The molecule has 0 spiro atoms. The molecular weight excluding hydrogens is 297 g/mol. The smallest absolute Gasteiger partial charge is 0.324 e. The molecule has 0 heterocycles. The van der Waals surface area contributed by atoms with Crippen molar-refractivity contribution in [2.75, 3.05) is 0 Å². The first-order valence-corrected chi connectivity index (χ1v) is 5.32. The summed E-state index contributed by atoms with van der Waals surface area (Å²) in [6.07, 6.45) is -5.26. The van der Waals surface area contributed by atoms with Gasteiger partial charge in [0.25, 0.3) is 0 Å². The highest BCUT2D eigenvalue weighted by Crippen LogP contribution is 2.29. The standard InChI is InChI=1S/C10H10Cl2F3N.ClH/c11-7-2-1-6(5-8(7)12)9(16)3-4-10(13,14)15;/h1-2,5,9H,3-4,16H2;1H/t9-;/m1./s1.